The van der Waals surface area contributed by atoms with Crippen molar-refractivity contribution in [1.82, 2.24) is 4.98 Å². The lowest BCUT2D eigenvalue weighted by molar-refractivity contribution is 0.899. The van der Waals surface area contributed by atoms with Crippen molar-refractivity contribution in [1.29, 1.82) is 0 Å². The van der Waals surface area contributed by atoms with E-state index in [0.717, 1.165) is 16.8 Å². The second-order valence-electron chi connectivity index (χ2n) is 4.87. The summed E-state index contributed by atoms with van der Waals surface area (Å²) >= 11 is 3.41. The summed E-state index contributed by atoms with van der Waals surface area (Å²) < 4.78 is 1.00. The SMILES string of the molecule is CN(Cc1ccc2ccccc2c1)c1ccc(Br)cn1. The largest absolute Gasteiger partial charge is 0.355 e. The van der Waals surface area contributed by atoms with Gasteiger partial charge in [0.2, 0.25) is 0 Å². The molecule has 0 spiro atoms. The molecule has 0 bridgehead atoms. The van der Waals surface area contributed by atoms with Crippen LogP contribution in [-0.4, -0.2) is 12.0 Å². The van der Waals surface area contributed by atoms with E-state index in [0.29, 0.717) is 0 Å². The summed E-state index contributed by atoms with van der Waals surface area (Å²) in [5, 5.41) is 2.56. The van der Waals surface area contributed by atoms with Crippen molar-refractivity contribution >= 4 is 32.5 Å². The zero-order chi connectivity index (χ0) is 13.9. The van der Waals surface area contributed by atoms with E-state index in [-0.39, 0.29) is 0 Å². The normalized spacial score (nSPS) is 10.7. The van der Waals surface area contributed by atoms with Crippen molar-refractivity contribution in [3.8, 4) is 0 Å². The van der Waals surface area contributed by atoms with Gasteiger partial charge in [0.05, 0.1) is 0 Å². The molecule has 3 aromatic rings. The summed E-state index contributed by atoms with van der Waals surface area (Å²) in [4.78, 5) is 6.57. The molecule has 100 valence electrons. The Hall–Kier alpha value is -1.87. The van der Waals surface area contributed by atoms with Gasteiger partial charge in [0.1, 0.15) is 5.82 Å². The number of aromatic nitrogens is 1. The van der Waals surface area contributed by atoms with Gasteiger partial charge in [-0.1, -0.05) is 36.4 Å². The van der Waals surface area contributed by atoms with E-state index in [9.17, 15) is 0 Å². The second kappa shape index (κ2) is 5.63. The molecule has 20 heavy (non-hydrogen) atoms. The van der Waals surface area contributed by atoms with Gasteiger partial charge in [0.15, 0.2) is 0 Å². The lowest BCUT2D eigenvalue weighted by Gasteiger charge is -2.18. The fourth-order valence-electron chi connectivity index (χ4n) is 2.29. The smallest absolute Gasteiger partial charge is 0.128 e. The van der Waals surface area contributed by atoms with Gasteiger partial charge < -0.3 is 4.90 Å². The molecule has 0 aliphatic heterocycles. The lowest BCUT2D eigenvalue weighted by Crippen LogP contribution is -2.17. The van der Waals surface area contributed by atoms with Crippen molar-refractivity contribution in [2.75, 3.05) is 11.9 Å². The quantitative estimate of drug-likeness (QED) is 0.697. The molecule has 0 aliphatic rings. The van der Waals surface area contributed by atoms with E-state index in [1.54, 1.807) is 0 Å². The Balaban J connectivity index is 1.83. The van der Waals surface area contributed by atoms with Crippen molar-refractivity contribution in [2.45, 2.75) is 6.54 Å². The van der Waals surface area contributed by atoms with Crippen LogP contribution >= 0.6 is 15.9 Å². The number of fused-ring (bicyclic) bond motifs is 1. The predicted octanol–water partition coefficient (Wildman–Crippen LogP) is 4.63. The fourth-order valence-corrected chi connectivity index (χ4v) is 2.52. The zero-order valence-corrected chi connectivity index (χ0v) is 12.8. The monoisotopic (exact) mass is 326 g/mol. The van der Waals surface area contributed by atoms with E-state index in [4.69, 9.17) is 0 Å². The standard InChI is InChI=1S/C17H15BrN2/c1-20(17-9-8-16(18)11-19-17)12-13-6-7-14-4-2-3-5-15(14)10-13/h2-11H,12H2,1H3. The maximum absolute atomic E-state index is 4.42. The van der Waals surface area contributed by atoms with Crippen LogP contribution in [0.4, 0.5) is 5.82 Å². The van der Waals surface area contributed by atoms with Crippen molar-refractivity contribution in [3.63, 3.8) is 0 Å². The number of pyridine rings is 1. The third kappa shape index (κ3) is 2.83. The van der Waals surface area contributed by atoms with E-state index < -0.39 is 0 Å². The summed E-state index contributed by atoms with van der Waals surface area (Å²) in [6, 6.07) is 19.1. The molecule has 1 heterocycles. The molecule has 2 aromatic carbocycles. The molecule has 2 nitrogen and oxygen atoms in total. The Morgan fingerprint density at radius 3 is 2.55 bits per heavy atom. The molecule has 0 saturated heterocycles. The van der Waals surface area contributed by atoms with Gasteiger partial charge >= 0.3 is 0 Å². The van der Waals surface area contributed by atoms with Gasteiger partial charge in [-0.3, -0.25) is 0 Å². The highest BCUT2D eigenvalue weighted by Gasteiger charge is 2.04. The zero-order valence-electron chi connectivity index (χ0n) is 11.3. The Labute approximate surface area is 127 Å². The maximum atomic E-state index is 4.42. The first-order chi connectivity index (χ1) is 9.72. The summed E-state index contributed by atoms with van der Waals surface area (Å²) in [5.74, 6) is 0.973. The Morgan fingerprint density at radius 1 is 1.00 bits per heavy atom. The van der Waals surface area contributed by atoms with Gasteiger partial charge in [-0.15, -0.1) is 0 Å². The first-order valence-electron chi connectivity index (χ1n) is 6.53. The van der Waals surface area contributed by atoms with Crippen LogP contribution in [0.1, 0.15) is 5.56 Å². The molecule has 0 atom stereocenters. The highest BCUT2D eigenvalue weighted by atomic mass is 79.9. The summed E-state index contributed by atoms with van der Waals surface area (Å²) in [7, 11) is 2.06. The molecular formula is C17H15BrN2. The predicted molar refractivity (Wildman–Crippen MR) is 88.0 cm³/mol. The number of anilines is 1. The van der Waals surface area contributed by atoms with E-state index in [2.05, 4.69) is 75.3 Å². The highest BCUT2D eigenvalue weighted by Crippen LogP contribution is 2.19. The number of hydrogen-bond acceptors (Lipinski definition) is 2. The van der Waals surface area contributed by atoms with Crippen molar-refractivity contribution in [3.05, 3.63) is 70.8 Å². The third-order valence-electron chi connectivity index (χ3n) is 3.34. The van der Waals surface area contributed by atoms with Crippen LogP contribution in [0.25, 0.3) is 10.8 Å². The van der Waals surface area contributed by atoms with Crippen molar-refractivity contribution in [2.24, 2.45) is 0 Å². The minimum atomic E-state index is 0.847. The molecule has 3 heteroatoms. The molecule has 1 aromatic heterocycles. The molecule has 0 fully saturated rings. The number of benzene rings is 2. The Kier molecular flexibility index (Phi) is 3.70. The van der Waals surface area contributed by atoms with Crippen LogP contribution in [0.5, 0.6) is 0 Å². The van der Waals surface area contributed by atoms with Gasteiger partial charge in [0.25, 0.3) is 0 Å². The van der Waals surface area contributed by atoms with Gasteiger partial charge in [-0.2, -0.15) is 0 Å². The minimum absolute atomic E-state index is 0.847. The Morgan fingerprint density at radius 2 is 1.80 bits per heavy atom. The molecule has 0 radical (unpaired) electrons. The maximum Gasteiger partial charge on any atom is 0.128 e. The lowest BCUT2D eigenvalue weighted by atomic mass is 10.1. The number of nitrogens with zero attached hydrogens (tertiary/aromatic N) is 2. The molecule has 3 rings (SSSR count). The average Bonchev–Trinajstić information content (AvgIpc) is 2.48. The van der Waals surface area contributed by atoms with Crippen LogP contribution in [0.2, 0.25) is 0 Å². The molecular weight excluding hydrogens is 312 g/mol. The van der Waals surface area contributed by atoms with Crippen LogP contribution in [-0.2, 0) is 6.54 Å². The van der Waals surface area contributed by atoms with Gasteiger partial charge in [0, 0.05) is 24.3 Å². The molecule has 0 amide bonds. The summed E-state index contributed by atoms with van der Waals surface area (Å²) in [6.07, 6.45) is 1.83. The number of hydrogen-bond donors (Lipinski definition) is 0. The topological polar surface area (TPSA) is 16.1 Å². The Bertz CT molecular complexity index is 722. The van der Waals surface area contributed by atoms with E-state index in [1.165, 1.54) is 16.3 Å². The minimum Gasteiger partial charge on any atom is -0.355 e. The first-order valence-corrected chi connectivity index (χ1v) is 7.32. The first kappa shape index (κ1) is 13.1. The van der Waals surface area contributed by atoms with E-state index in [1.807, 2.05) is 18.3 Å². The molecule has 0 saturated carbocycles. The second-order valence-corrected chi connectivity index (χ2v) is 5.79. The highest BCUT2D eigenvalue weighted by molar-refractivity contribution is 9.10. The van der Waals surface area contributed by atoms with Gasteiger partial charge in [-0.25, -0.2) is 4.98 Å². The average molecular weight is 327 g/mol. The van der Waals surface area contributed by atoms with Crippen LogP contribution in [0.15, 0.2) is 65.3 Å². The number of rotatable bonds is 3. The fraction of sp³-hybridized carbons (Fsp3) is 0.118. The summed E-state index contributed by atoms with van der Waals surface area (Å²) in [5.41, 5.74) is 1.29. The van der Waals surface area contributed by atoms with E-state index >= 15 is 0 Å². The van der Waals surface area contributed by atoms with Crippen LogP contribution in [0.3, 0.4) is 0 Å². The third-order valence-corrected chi connectivity index (χ3v) is 3.81. The van der Waals surface area contributed by atoms with Gasteiger partial charge in [-0.05, 0) is 50.5 Å². The molecule has 0 aliphatic carbocycles. The molecule has 0 unspecified atom stereocenters. The van der Waals surface area contributed by atoms with Crippen LogP contribution < -0.4 is 4.90 Å². The van der Waals surface area contributed by atoms with Crippen LogP contribution in [0, 0.1) is 0 Å². The van der Waals surface area contributed by atoms with Crippen molar-refractivity contribution < 1.29 is 0 Å². The molecule has 0 N–H and O–H groups in total. The summed E-state index contributed by atoms with van der Waals surface area (Å²) in [6.45, 7) is 0.847. The number of halogens is 1.